The second kappa shape index (κ2) is 45.1. The number of oxime groups is 1. The molecular weight excluding hydrogens is 1790 g/mol. The van der Waals surface area contributed by atoms with Gasteiger partial charge in [-0.05, 0) is 262 Å². The Hall–Kier alpha value is -8.57. The van der Waals surface area contributed by atoms with Crippen LogP contribution in [0.3, 0.4) is 0 Å². The summed E-state index contributed by atoms with van der Waals surface area (Å²) >= 11 is 4.11. The van der Waals surface area contributed by atoms with Crippen LogP contribution in [0.2, 0.25) is 0 Å². The van der Waals surface area contributed by atoms with Gasteiger partial charge in [0.2, 0.25) is 6.54 Å². The van der Waals surface area contributed by atoms with Crippen molar-refractivity contribution < 1.29 is 131 Å². The van der Waals surface area contributed by atoms with Gasteiger partial charge in [0.15, 0.2) is 139 Å². The molecule has 0 spiro atoms. The number of ketones is 23. The maximum absolute atomic E-state index is 12.5. The molecule has 0 amide bonds. The number of rotatable bonds is 24. The first-order valence-electron chi connectivity index (χ1n) is 47.1. The highest BCUT2D eigenvalue weighted by atomic mass is 32.1. The molecule has 7 saturated carbocycles. The Kier molecular flexibility index (Phi) is 41.7. The molecule has 7 rings (SSSR count). The van der Waals surface area contributed by atoms with Crippen LogP contribution in [0.1, 0.15) is 303 Å². The minimum Gasteiger partial charge on any atom is -0.411 e. The van der Waals surface area contributed by atoms with E-state index >= 15 is 0 Å². The standard InChI is InChI=1S/C15H21NO6.C15H23NO4.C15H25NO3.C15H22O4S.C15H24O4.C14H23NO4.C14H23NO3/c1-8(7-16(21)22)6-9(17)10-11(18)14(2,3)13(20)15(4,5)12(10)19;1-8(2)7-9(16-20)10-11(17)14(3,4)13(19)15(5,6)12(10)18;1-9(2)8-16(7)10-11(17)14(3,4)13(19)15(5,6)12(10)18;1-8(7-20)6-9(16)10-11(17)14(2,3)13(19)15(4,5)12(10)18;1-8(2)7-9(16)10-11(17)14(3,4)13(19)15(5,6)12(10)18;1-8(2)7-15(19)9-10(16)13(3,4)12(18)14(5,6)11(9)17;1-8(2)7-15-9-10(16)13(3,4)12(18)14(5,6)11(9)17/h8,10H,6-7H2,1-5H3;8,10,20H,7H2,1-6H3;9-10H,8H2,1-7H3;8,10,20H,6-7H2,1-5H3;8-10,16H,7H2,1-6H3;8-9,19H,7H2,1-6H3;8-9,15H,7H2,1-6H3/b;16-9+;;;;;. The van der Waals surface area contributed by atoms with Crippen molar-refractivity contribution in [1.29, 1.82) is 0 Å². The zero-order chi connectivity index (χ0) is 109. The third-order valence-corrected chi connectivity index (χ3v) is 28.2. The molecular formula is C103H161N5O28S. The lowest BCUT2D eigenvalue weighted by atomic mass is 9.57. The van der Waals surface area contributed by atoms with E-state index < -0.39 is 222 Å². The Balaban J connectivity index is 0.000000800. The van der Waals surface area contributed by atoms with Crippen LogP contribution in [-0.2, 0) is 110 Å². The lowest BCUT2D eigenvalue weighted by Crippen LogP contribution is -2.64. The van der Waals surface area contributed by atoms with Crippen LogP contribution in [0.15, 0.2) is 5.16 Å². The third-order valence-electron chi connectivity index (χ3n) is 27.6. The summed E-state index contributed by atoms with van der Waals surface area (Å²) < 4.78 is 0. The van der Waals surface area contributed by atoms with Gasteiger partial charge in [-0.2, -0.15) is 17.7 Å². The Bertz CT molecular complexity index is 4450. The van der Waals surface area contributed by atoms with E-state index in [1.165, 1.54) is 118 Å². The highest BCUT2D eigenvalue weighted by Gasteiger charge is 2.67. The number of nitrogens with one attached hydrogen (secondary N) is 1. The van der Waals surface area contributed by atoms with Crippen LogP contribution in [0, 0.1) is 151 Å². The van der Waals surface area contributed by atoms with Gasteiger partial charge in [-0.1, -0.05) is 88.2 Å². The average molecular weight is 1950 g/mol. The SMILES string of the molecule is CC(C)C/C(=N\O)C1C(=O)C(C)(C)C(=O)C(C)(C)C1=O.CC(C)CC(O)C1C(=O)C(C)(C)C(=O)C(C)(C)C1=O.CC(C)CN(C)C1C(=O)C(C)(C)C(=O)C(C)(C)C1=O.CC(C)CN(O)C1C(=O)C(C)(C)C(=O)C(C)(C)C1=O.CC(C)CNC1C(=O)C(C)(C)C(=O)C(C)(C)C1=O.CC(CC(=O)C1C(=O)C(C)(C)C(=O)C(C)(C)C1=O)C[N+](=O)[O-].CC(CS)CC(=O)C1C(=O)C(C)(C)C(=O)C(C)(C)C1=O. The summed E-state index contributed by atoms with van der Waals surface area (Å²) in [6.45, 7) is 66.8. The van der Waals surface area contributed by atoms with E-state index in [1.807, 2.05) is 76.2 Å². The van der Waals surface area contributed by atoms with Crippen molar-refractivity contribution in [3.05, 3.63) is 10.1 Å². The van der Waals surface area contributed by atoms with Gasteiger partial charge in [-0.25, -0.2) is 0 Å². The van der Waals surface area contributed by atoms with Gasteiger partial charge in [0, 0.05) is 36.8 Å². The minimum absolute atomic E-state index is 0.00436. The number of hydrogen-bond acceptors (Lipinski definition) is 33. The van der Waals surface area contributed by atoms with Crippen LogP contribution < -0.4 is 5.32 Å². The molecule has 0 aromatic heterocycles. The molecule has 137 heavy (non-hydrogen) atoms. The summed E-state index contributed by atoms with van der Waals surface area (Å²) in [5.74, 6) is -14.2. The van der Waals surface area contributed by atoms with Crippen molar-refractivity contribution in [3.63, 3.8) is 0 Å². The second-order valence-corrected chi connectivity index (χ2v) is 48.3. The summed E-state index contributed by atoms with van der Waals surface area (Å²) in [6.07, 6.45) is -0.386. The van der Waals surface area contributed by atoms with Crippen LogP contribution in [0.5, 0.6) is 0 Å². The Morgan fingerprint density at radius 1 is 0.358 bits per heavy atom. The van der Waals surface area contributed by atoms with Crippen molar-refractivity contribution >= 4 is 151 Å². The fraction of sp³-hybridized carbons (Fsp3) is 0.767. The smallest absolute Gasteiger partial charge is 0.206 e. The fourth-order valence-corrected chi connectivity index (χ4v) is 19.2. The quantitative estimate of drug-likeness (QED) is 0.0150. The van der Waals surface area contributed by atoms with Crippen molar-refractivity contribution in [2.45, 2.75) is 327 Å². The molecule has 0 heterocycles. The Morgan fingerprint density at radius 2 is 0.606 bits per heavy atom. The third kappa shape index (κ3) is 26.2. The van der Waals surface area contributed by atoms with Gasteiger partial charge in [-0.3, -0.25) is 125 Å². The molecule has 3 atom stereocenters. The number of nitrogens with zero attached hydrogens (tertiary/aromatic N) is 4. The molecule has 0 saturated heterocycles. The first kappa shape index (κ1) is 126. The number of carbonyl (C=O) groups is 23. The monoisotopic (exact) mass is 1950 g/mol. The number of carbonyl (C=O) groups excluding carboxylic acids is 23. The fourth-order valence-electron chi connectivity index (χ4n) is 19.1. The van der Waals surface area contributed by atoms with Crippen molar-refractivity contribution in [1.82, 2.24) is 15.3 Å². The van der Waals surface area contributed by atoms with Crippen LogP contribution in [-0.4, -0.2) is 232 Å². The normalized spacial score (nSPS) is 23.6. The molecule has 0 aromatic rings. The predicted octanol–water partition coefficient (Wildman–Crippen LogP) is 11.7. The van der Waals surface area contributed by atoms with E-state index in [0.717, 1.165) is 5.06 Å². The largest absolute Gasteiger partial charge is 0.411 e. The van der Waals surface area contributed by atoms with Crippen LogP contribution in [0.25, 0.3) is 0 Å². The molecule has 7 aliphatic carbocycles. The summed E-state index contributed by atoms with van der Waals surface area (Å²) in [6, 6.07) is -2.90. The molecule has 7 fully saturated rings. The minimum atomic E-state index is -1.50. The molecule has 4 N–H and O–H groups in total. The van der Waals surface area contributed by atoms with Gasteiger partial charge < -0.3 is 20.8 Å². The zero-order valence-corrected chi connectivity index (χ0v) is 90.2. The molecule has 0 radical (unpaired) electrons. The first-order valence-corrected chi connectivity index (χ1v) is 47.8. The van der Waals surface area contributed by atoms with Gasteiger partial charge in [0.25, 0.3) is 0 Å². The van der Waals surface area contributed by atoms with Crippen LogP contribution >= 0.6 is 12.6 Å². The molecule has 0 bridgehead atoms. The maximum Gasteiger partial charge on any atom is 0.206 e. The highest BCUT2D eigenvalue weighted by Crippen LogP contribution is 2.49. The summed E-state index contributed by atoms with van der Waals surface area (Å²) in [5.41, 5.74) is -17.0. The van der Waals surface area contributed by atoms with Crippen molar-refractivity contribution in [3.8, 4) is 0 Å². The number of aliphatic hydroxyl groups is 1. The van der Waals surface area contributed by atoms with E-state index in [4.69, 9.17) is 5.21 Å². The van der Waals surface area contributed by atoms with Gasteiger partial charge in [-0.15, -0.1) is 0 Å². The van der Waals surface area contributed by atoms with Crippen LogP contribution in [0.4, 0.5) is 0 Å². The molecule has 0 aromatic carbocycles. The van der Waals surface area contributed by atoms with Gasteiger partial charge in [0.1, 0.15) is 35.8 Å². The number of thiol groups is 1. The number of hydrogen-bond donors (Lipinski definition) is 5. The predicted molar refractivity (Wildman–Crippen MR) is 514 cm³/mol. The highest BCUT2D eigenvalue weighted by molar-refractivity contribution is 7.80. The molecule has 34 heteroatoms. The molecule has 772 valence electrons. The lowest BCUT2D eigenvalue weighted by molar-refractivity contribution is -0.487. The summed E-state index contributed by atoms with van der Waals surface area (Å²) in [7, 11) is 1.78. The number of likely N-dealkylation sites (N-methyl/N-ethyl adjacent to an activating group) is 1. The van der Waals surface area contributed by atoms with Crippen molar-refractivity contribution in [2.24, 2.45) is 146 Å². The van der Waals surface area contributed by atoms with E-state index in [0.29, 0.717) is 43.5 Å². The topological polar surface area (TPSA) is 527 Å². The maximum atomic E-state index is 12.5. The summed E-state index contributed by atoms with van der Waals surface area (Å²) in [5, 5.41) is 46.8. The second-order valence-electron chi connectivity index (χ2n) is 48.0. The molecule has 7 aliphatic rings. The van der Waals surface area contributed by atoms with Gasteiger partial charge >= 0.3 is 0 Å². The van der Waals surface area contributed by atoms with E-state index in [2.05, 4.69) is 23.1 Å². The Labute approximate surface area is 815 Å². The van der Waals surface area contributed by atoms with Gasteiger partial charge in [0.05, 0.1) is 87.6 Å². The lowest BCUT2D eigenvalue weighted by Gasteiger charge is -2.43. The Morgan fingerprint density at radius 3 is 0.847 bits per heavy atom. The average Bonchev–Trinajstić information content (AvgIpc) is 0.761. The number of hydroxylamine groups is 2. The van der Waals surface area contributed by atoms with E-state index in [9.17, 15) is 131 Å². The number of Topliss-reactive ketones (excluding diaryl/α,β-unsaturated/α-hetero) is 23. The van der Waals surface area contributed by atoms with E-state index in [-0.39, 0.29) is 101 Å². The summed E-state index contributed by atoms with van der Waals surface area (Å²) in [4.78, 5) is 296. The first-order chi connectivity index (χ1) is 61.1. The number of aliphatic hydroxyl groups excluding tert-OH is 1. The zero-order valence-electron chi connectivity index (χ0n) is 89.3. The molecule has 33 nitrogen and oxygen atoms in total. The molecule has 3 unspecified atom stereocenters. The number of nitro groups is 1. The van der Waals surface area contributed by atoms with E-state index in [1.54, 1.807) is 95.0 Å². The molecule has 0 aliphatic heterocycles. The van der Waals surface area contributed by atoms with Crippen molar-refractivity contribution in [2.75, 3.05) is 39.0 Å².